The molecule has 0 amide bonds. The number of ether oxygens (including phenoxy) is 1. The molecule has 0 aliphatic heterocycles. The largest absolute Gasteiger partial charge is 0.493 e. The topological polar surface area (TPSA) is 26.3 Å². The molecule has 1 aliphatic carbocycles. The molecule has 2 atom stereocenters. The normalized spacial score (nSPS) is 27.0. The Hall–Kier alpha value is -1.31. The molecule has 0 aromatic heterocycles. The van der Waals surface area contributed by atoms with Gasteiger partial charge in [-0.3, -0.25) is 4.79 Å². The monoisotopic (exact) mass is 260 g/mol. The maximum Gasteiger partial charge on any atom is 0.169 e. The van der Waals surface area contributed by atoms with Crippen molar-refractivity contribution >= 4 is 5.78 Å². The van der Waals surface area contributed by atoms with Crippen molar-refractivity contribution in [2.45, 2.75) is 40.0 Å². The Bertz CT molecular complexity index is 429. The number of ketones is 1. The van der Waals surface area contributed by atoms with E-state index in [0.29, 0.717) is 18.4 Å². The summed E-state index contributed by atoms with van der Waals surface area (Å²) in [5.41, 5.74) is 0.760. The van der Waals surface area contributed by atoms with E-state index in [1.54, 1.807) is 0 Å². The van der Waals surface area contributed by atoms with Crippen LogP contribution in [0.4, 0.5) is 0 Å². The maximum atomic E-state index is 12.7. The molecule has 0 bridgehead atoms. The minimum atomic E-state index is 0.167. The van der Waals surface area contributed by atoms with Gasteiger partial charge in [0.25, 0.3) is 0 Å². The highest BCUT2D eigenvalue weighted by Crippen LogP contribution is 2.36. The van der Waals surface area contributed by atoms with Gasteiger partial charge in [0.1, 0.15) is 5.75 Å². The summed E-state index contributed by atoms with van der Waals surface area (Å²) in [6.07, 6.45) is 3.28. The predicted molar refractivity (Wildman–Crippen MR) is 77.6 cm³/mol. The van der Waals surface area contributed by atoms with Crippen molar-refractivity contribution in [1.29, 1.82) is 0 Å². The van der Waals surface area contributed by atoms with Crippen LogP contribution in [0.1, 0.15) is 50.4 Å². The first kappa shape index (κ1) is 14.1. The van der Waals surface area contributed by atoms with Gasteiger partial charge in [-0.15, -0.1) is 0 Å². The summed E-state index contributed by atoms with van der Waals surface area (Å²) in [7, 11) is 0. The van der Waals surface area contributed by atoms with Gasteiger partial charge in [-0.25, -0.2) is 0 Å². The zero-order chi connectivity index (χ0) is 13.8. The van der Waals surface area contributed by atoms with Crippen molar-refractivity contribution in [3.8, 4) is 5.75 Å². The minimum absolute atomic E-state index is 0.167. The second kappa shape index (κ2) is 6.23. The lowest BCUT2D eigenvalue weighted by Gasteiger charge is -2.30. The molecule has 2 nitrogen and oxygen atoms in total. The zero-order valence-corrected chi connectivity index (χ0v) is 12.2. The van der Waals surface area contributed by atoms with Crippen LogP contribution in [0.2, 0.25) is 0 Å². The Morgan fingerprint density at radius 1 is 1.16 bits per heavy atom. The van der Waals surface area contributed by atoms with E-state index < -0.39 is 0 Å². The molecule has 2 unspecified atom stereocenters. The number of rotatable bonds is 4. The van der Waals surface area contributed by atoms with Gasteiger partial charge in [0.2, 0.25) is 0 Å². The van der Waals surface area contributed by atoms with Crippen molar-refractivity contribution in [3.05, 3.63) is 29.8 Å². The molecule has 1 saturated carbocycles. The fourth-order valence-electron chi connectivity index (χ4n) is 3.33. The first-order chi connectivity index (χ1) is 9.11. The molecule has 2 rings (SSSR count). The first-order valence-corrected chi connectivity index (χ1v) is 7.37. The Labute approximate surface area is 116 Å². The number of carbonyl (C=O) groups is 1. The van der Waals surface area contributed by atoms with Crippen LogP contribution in [0.25, 0.3) is 0 Å². The first-order valence-electron chi connectivity index (χ1n) is 7.37. The van der Waals surface area contributed by atoms with Crippen molar-refractivity contribution < 1.29 is 9.53 Å². The number of hydrogen-bond acceptors (Lipinski definition) is 2. The SMILES string of the molecule is CCOc1ccccc1C(=O)C1CC(C)CC(C)C1. The molecule has 1 aliphatic rings. The lowest BCUT2D eigenvalue weighted by molar-refractivity contribution is 0.0832. The van der Waals surface area contributed by atoms with E-state index in [0.717, 1.165) is 24.2 Å². The van der Waals surface area contributed by atoms with Gasteiger partial charge in [0, 0.05) is 5.92 Å². The number of hydrogen-bond donors (Lipinski definition) is 0. The highest BCUT2D eigenvalue weighted by atomic mass is 16.5. The molecule has 19 heavy (non-hydrogen) atoms. The average Bonchev–Trinajstić information content (AvgIpc) is 2.38. The Kier molecular flexibility index (Phi) is 4.62. The Morgan fingerprint density at radius 2 is 1.79 bits per heavy atom. The molecule has 1 aromatic rings. The van der Waals surface area contributed by atoms with Crippen LogP contribution in [0.5, 0.6) is 5.75 Å². The van der Waals surface area contributed by atoms with Crippen molar-refractivity contribution in [2.75, 3.05) is 6.61 Å². The van der Waals surface area contributed by atoms with Crippen molar-refractivity contribution in [2.24, 2.45) is 17.8 Å². The van der Waals surface area contributed by atoms with Crippen LogP contribution in [-0.2, 0) is 0 Å². The summed E-state index contributed by atoms with van der Waals surface area (Å²) >= 11 is 0. The van der Waals surface area contributed by atoms with Crippen LogP contribution in [-0.4, -0.2) is 12.4 Å². The van der Waals surface area contributed by atoms with E-state index in [2.05, 4.69) is 13.8 Å². The molecule has 1 aromatic carbocycles. The maximum absolute atomic E-state index is 12.7. The second-order valence-corrected chi connectivity index (χ2v) is 5.91. The Balaban J connectivity index is 2.19. The van der Waals surface area contributed by atoms with Gasteiger partial charge in [-0.1, -0.05) is 26.0 Å². The van der Waals surface area contributed by atoms with Crippen molar-refractivity contribution in [1.82, 2.24) is 0 Å². The van der Waals surface area contributed by atoms with E-state index >= 15 is 0 Å². The third kappa shape index (κ3) is 3.37. The summed E-state index contributed by atoms with van der Waals surface area (Å²) in [5.74, 6) is 2.47. The van der Waals surface area contributed by atoms with Gasteiger partial charge < -0.3 is 4.74 Å². The number of para-hydroxylation sites is 1. The number of carbonyl (C=O) groups excluding carboxylic acids is 1. The van der Waals surface area contributed by atoms with Gasteiger partial charge in [-0.2, -0.15) is 0 Å². The van der Waals surface area contributed by atoms with Crippen LogP contribution >= 0.6 is 0 Å². The molecule has 104 valence electrons. The summed E-state index contributed by atoms with van der Waals surface area (Å²) in [5, 5.41) is 0. The van der Waals surface area contributed by atoms with Gasteiger partial charge in [-0.05, 0) is 50.2 Å². The lowest BCUT2D eigenvalue weighted by atomic mass is 9.74. The van der Waals surface area contributed by atoms with E-state index in [9.17, 15) is 4.79 Å². The second-order valence-electron chi connectivity index (χ2n) is 5.91. The molecule has 0 radical (unpaired) electrons. The Morgan fingerprint density at radius 3 is 2.42 bits per heavy atom. The highest BCUT2D eigenvalue weighted by Gasteiger charge is 2.30. The van der Waals surface area contributed by atoms with Crippen LogP contribution in [0, 0.1) is 17.8 Å². The van der Waals surface area contributed by atoms with E-state index in [1.807, 2.05) is 31.2 Å². The molecular weight excluding hydrogens is 236 g/mol. The summed E-state index contributed by atoms with van der Waals surface area (Å²) < 4.78 is 5.58. The van der Waals surface area contributed by atoms with Gasteiger partial charge >= 0.3 is 0 Å². The van der Waals surface area contributed by atoms with Crippen molar-refractivity contribution in [3.63, 3.8) is 0 Å². The molecule has 0 saturated heterocycles. The average molecular weight is 260 g/mol. The fraction of sp³-hybridized carbons (Fsp3) is 0.588. The predicted octanol–water partition coefficient (Wildman–Crippen LogP) is 4.34. The standard InChI is InChI=1S/C17H24O2/c1-4-19-16-8-6-5-7-15(16)17(18)14-10-12(2)9-13(3)11-14/h5-8,12-14H,4,9-11H2,1-3H3. The minimum Gasteiger partial charge on any atom is -0.493 e. The number of benzene rings is 1. The molecule has 0 heterocycles. The molecular formula is C17H24O2. The zero-order valence-electron chi connectivity index (χ0n) is 12.2. The van der Waals surface area contributed by atoms with Crippen LogP contribution < -0.4 is 4.74 Å². The smallest absolute Gasteiger partial charge is 0.169 e. The molecule has 2 heteroatoms. The van der Waals surface area contributed by atoms with E-state index in [-0.39, 0.29) is 11.7 Å². The summed E-state index contributed by atoms with van der Waals surface area (Å²) in [6.45, 7) is 7.06. The van der Waals surface area contributed by atoms with E-state index in [1.165, 1.54) is 6.42 Å². The van der Waals surface area contributed by atoms with Crippen LogP contribution in [0.3, 0.4) is 0 Å². The molecule has 0 spiro atoms. The fourth-order valence-corrected chi connectivity index (χ4v) is 3.33. The highest BCUT2D eigenvalue weighted by molar-refractivity contribution is 6.00. The number of Topliss-reactive ketones (excluding diaryl/α,β-unsaturated/α-hetero) is 1. The lowest BCUT2D eigenvalue weighted by Crippen LogP contribution is -2.26. The third-order valence-electron chi connectivity index (χ3n) is 4.00. The molecule has 1 fully saturated rings. The summed E-state index contributed by atoms with van der Waals surface area (Å²) in [4.78, 5) is 12.7. The van der Waals surface area contributed by atoms with E-state index in [4.69, 9.17) is 4.74 Å². The van der Waals surface area contributed by atoms with Gasteiger partial charge in [0.15, 0.2) is 5.78 Å². The van der Waals surface area contributed by atoms with Gasteiger partial charge in [0.05, 0.1) is 12.2 Å². The third-order valence-corrected chi connectivity index (χ3v) is 4.00. The van der Waals surface area contributed by atoms with Crippen LogP contribution in [0.15, 0.2) is 24.3 Å². The summed E-state index contributed by atoms with van der Waals surface area (Å²) in [6, 6.07) is 7.64. The quantitative estimate of drug-likeness (QED) is 0.753. The molecule has 0 N–H and O–H groups in total.